The molecular weight excluding hydrogens is 256 g/mol. The third kappa shape index (κ3) is 6.46. The Balaban J connectivity index is 2.17. The molecule has 2 N–H and O–H groups in total. The van der Waals surface area contributed by atoms with Crippen LogP contribution in [0.3, 0.4) is 0 Å². The molecule has 0 amide bonds. The highest BCUT2D eigenvalue weighted by atomic mass is 35.5. The van der Waals surface area contributed by atoms with E-state index < -0.39 is 0 Å². The van der Waals surface area contributed by atoms with E-state index in [0.717, 1.165) is 24.5 Å². The van der Waals surface area contributed by atoms with E-state index in [0.29, 0.717) is 11.7 Å². The van der Waals surface area contributed by atoms with Crippen LogP contribution in [-0.2, 0) is 11.2 Å². The lowest BCUT2D eigenvalue weighted by Gasteiger charge is -2.10. The highest BCUT2D eigenvalue weighted by Crippen LogP contribution is 2.10. The van der Waals surface area contributed by atoms with Gasteiger partial charge in [0.15, 0.2) is 5.11 Å². The molecular formula is C12H17ClN2OS. The fraction of sp³-hybridized carbons (Fsp3) is 0.417. The summed E-state index contributed by atoms with van der Waals surface area (Å²) in [6, 6.07) is 7.84. The summed E-state index contributed by atoms with van der Waals surface area (Å²) >= 11 is 11.0. The van der Waals surface area contributed by atoms with Gasteiger partial charge in [-0.15, -0.1) is 0 Å². The van der Waals surface area contributed by atoms with Crippen molar-refractivity contribution in [3.05, 3.63) is 34.9 Å². The molecule has 0 atom stereocenters. The van der Waals surface area contributed by atoms with E-state index in [1.165, 1.54) is 5.56 Å². The zero-order chi connectivity index (χ0) is 12.5. The summed E-state index contributed by atoms with van der Waals surface area (Å²) in [6.45, 7) is 2.16. The number of ether oxygens (including phenoxy) is 1. The smallest absolute Gasteiger partial charge is 0.166 e. The van der Waals surface area contributed by atoms with Crippen LogP contribution < -0.4 is 10.6 Å². The van der Waals surface area contributed by atoms with Crippen molar-refractivity contribution in [1.82, 2.24) is 10.6 Å². The molecule has 0 saturated heterocycles. The largest absolute Gasteiger partial charge is 0.383 e. The van der Waals surface area contributed by atoms with Crippen LogP contribution >= 0.6 is 23.8 Å². The van der Waals surface area contributed by atoms with E-state index in [-0.39, 0.29) is 0 Å². The first-order valence-electron chi connectivity index (χ1n) is 5.47. The molecule has 17 heavy (non-hydrogen) atoms. The molecule has 0 unspecified atom stereocenters. The molecule has 5 heteroatoms. The summed E-state index contributed by atoms with van der Waals surface area (Å²) in [5.41, 5.74) is 1.20. The predicted molar refractivity (Wildman–Crippen MR) is 75.6 cm³/mol. The number of rotatable bonds is 6. The monoisotopic (exact) mass is 272 g/mol. The third-order valence-electron chi connectivity index (χ3n) is 2.18. The number of nitrogens with one attached hydrogen (secondary N) is 2. The molecule has 0 fully saturated rings. The standard InChI is InChI=1S/C12H17ClN2OS/c1-16-8-7-15-12(17)14-6-5-10-3-2-4-11(13)9-10/h2-4,9H,5-8H2,1H3,(H2,14,15,17). The van der Waals surface area contributed by atoms with Crippen molar-refractivity contribution in [3.63, 3.8) is 0 Å². The van der Waals surface area contributed by atoms with E-state index in [1.807, 2.05) is 18.2 Å². The Hall–Kier alpha value is -0.840. The van der Waals surface area contributed by atoms with Crippen LogP contribution in [0.25, 0.3) is 0 Å². The van der Waals surface area contributed by atoms with Crippen molar-refractivity contribution >= 4 is 28.9 Å². The lowest BCUT2D eigenvalue weighted by Crippen LogP contribution is -2.37. The fourth-order valence-corrected chi connectivity index (χ4v) is 1.76. The van der Waals surface area contributed by atoms with E-state index in [2.05, 4.69) is 16.7 Å². The first-order chi connectivity index (χ1) is 8.22. The van der Waals surface area contributed by atoms with Gasteiger partial charge in [-0.1, -0.05) is 23.7 Å². The van der Waals surface area contributed by atoms with Crippen molar-refractivity contribution in [2.45, 2.75) is 6.42 Å². The summed E-state index contributed by atoms with van der Waals surface area (Å²) in [5, 5.41) is 7.61. The lowest BCUT2D eigenvalue weighted by molar-refractivity contribution is 0.204. The van der Waals surface area contributed by atoms with Crippen LogP contribution in [-0.4, -0.2) is 31.9 Å². The molecule has 0 saturated carbocycles. The summed E-state index contributed by atoms with van der Waals surface area (Å²) in [4.78, 5) is 0. The minimum atomic E-state index is 0.649. The van der Waals surface area contributed by atoms with Crippen LogP contribution in [0.4, 0.5) is 0 Å². The minimum Gasteiger partial charge on any atom is -0.383 e. The summed E-state index contributed by atoms with van der Waals surface area (Å²) < 4.78 is 4.91. The average Bonchev–Trinajstić information content (AvgIpc) is 2.29. The molecule has 0 aromatic heterocycles. The zero-order valence-corrected chi connectivity index (χ0v) is 11.4. The molecule has 94 valence electrons. The van der Waals surface area contributed by atoms with Gasteiger partial charge in [0.1, 0.15) is 0 Å². The molecule has 1 rings (SSSR count). The Morgan fingerprint density at radius 2 is 2.12 bits per heavy atom. The van der Waals surface area contributed by atoms with Gasteiger partial charge in [-0.25, -0.2) is 0 Å². The summed E-state index contributed by atoms with van der Waals surface area (Å²) in [7, 11) is 1.66. The second kappa shape index (κ2) is 8.28. The number of methoxy groups -OCH3 is 1. The topological polar surface area (TPSA) is 33.3 Å². The molecule has 0 aliphatic rings. The number of thiocarbonyl (C=S) groups is 1. The van der Waals surface area contributed by atoms with E-state index in [4.69, 9.17) is 28.6 Å². The van der Waals surface area contributed by atoms with Crippen molar-refractivity contribution in [1.29, 1.82) is 0 Å². The minimum absolute atomic E-state index is 0.649. The van der Waals surface area contributed by atoms with Crippen molar-refractivity contribution < 1.29 is 4.74 Å². The first kappa shape index (κ1) is 14.2. The van der Waals surface area contributed by atoms with Gasteiger partial charge in [0.05, 0.1) is 6.61 Å². The van der Waals surface area contributed by atoms with Crippen molar-refractivity contribution in [2.75, 3.05) is 26.8 Å². The number of hydrogen-bond donors (Lipinski definition) is 2. The Kier molecular flexibility index (Phi) is 6.93. The van der Waals surface area contributed by atoms with Gasteiger partial charge in [0.25, 0.3) is 0 Å². The lowest BCUT2D eigenvalue weighted by atomic mass is 10.1. The van der Waals surface area contributed by atoms with Crippen LogP contribution in [0, 0.1) is 0 Å². The second-order valence-electron chi connectivity index (χ2n) is 3.56. The molecule has 0 aliphatic carbocycles. The van der Waals surface area contributed by atoms with Crippen molar-refractivity contribution in [3.8, 4) is 0 Å². The van der Waals surface area contributed by atoms with Crippen LogP contribution in [0.15, 0.2) is 24.3 Å². The molecule has 0 radical (unpaired) electrons. The maximum absolute atomic E-state index is 5.90. The zero-order valence-electron chi connectivity index (χ0n) is 9.83. The molecule has 0 heterocycles. The summed E-state index contributed by atoms with van der Waals surface area (Å²) in [5.74, 6) is 0. The number of halogens is 1. The second-order valence-corrected chi connectivity index (χ2v) is 4.40. The number of benzene rings is 1. The van der Waals surface area contributed by atoms with Gasteiger partial charge in [-0.2, -0.15) is 0 Å². The molecule has 0 bridgehead atoms. The van der Waals surface area contributed by atoms with E-state index in [1.54, 1.807) is 7.11 Å². The Labute approximate surface area is 112 Å². The average molecular weight is 273 g/mol. The maximum Gasteiger partial charge on any atom is 0.166 e. The van der Waals surface area contributed by atoms with Crippen molar-refractivity contribution in [2.24, 2.45) is 0 Å². The Morgan fingerprint density at radius 3 is 2.82 bits per heavy atom. The molecule has 1 aromatic rings. The summed E-state index contributed by atoms with van der Waals surface area (Å²) in [6.07, 6.45) is 0.895. The van der Waals surface area contributed by atoms with Gasteiger partial charge < -0.3 is 15.4 Å². The van der Waals surface area contributed by atoms with Crippen LogP contribution in [0.5, 0.6) is 0 Å². The predicted octanol–water partition coefficient (Wildman–Crippen LogP) is 1.99. The van der Waals surface area contributed by atoms with Gasteiger partial charge in [-0.05, 0) is 36.3 Å². The number of hydrogen-bond acceptors (Lipinski definition) is 2. The van der Waals surface area contributed by atoms with Gasteiger partial charge >= 0.3 is 0 Å². The Morgan fingerprint density at radius 1 is 1.35 bits per heavy atom. The maximum atomic E-state index is 5.90. The van der Waals surface area contributed by atoms with Crippen LogP contribution in [0.1, 0.15) is 5.56 Å². The molecule has 0 spiro atoms. The Bertz CT molecular complexity index is 360. The molecule has 0 aliphatic heterocycles. The molecule has 3 nitrogen and oxygen atoms in total. The van der Waals surface area contributed by atoms with E-state index in [9.17, 15) is 0 Å². The fourth-order valence-electron chi connectivity index (χ4n) is 1.34. The first-order valence-corrected chi connectivity index (χ1v) is 6.26. The van der Waals surface area contributed by atoms with E-state index >= 15 is 0 Å². The SMILES string of the molecule is COCCNC(=S)NCCc1cccc(Cl)c1. The highest BCUT2D eigenvalue weighted by Gasteiger charge is 1.96. The third-order valence-corrected chi connectivity index (χ3v) is 2.70. The van der Waals surface area contributed by atoms with Crippen LogP contribution in [0.2, 0.25) is 5.02 Å². The van der Waals surface area contributed by atoms with Gasteiger partial charge in [-0.3, -0.25) is 0 Å². The normalized spacial score (nSPS) is 10.0. The molecule has 1 aromatic carbocycles. The quantitative estimate of drug-likeness (QED) is 0.613. The van der Waals surface area contributed by atoms with Gasteiger partial charge in [0.2, 0.25) is 0 Å². The van der Waals surface area contributed by atoms with Gasteiger partial charge in [0, 0.05) is 25.2 Å². The highest BCUT2D eigenvalue weighted by molar-refractivity contribution is 7.80.